The van der Waals surface area contributed by atoms with Gasteiger partial charge in [0.2, 0.25) is 11.8 Å². The number of hydrogen-bond acceptors (Lipinski definition) is 8. The number of rotatable bonds is 7. The van der Waals surface area contributed by atoms with E-state index in [1.165, 1.54) is 68.7 Å². The van der Waals surface area contributed by atoms with E-state index in [9.17, 15) is 24.2 Å². The van der Waals surface area contributed by atoms with Crippen LogP contribution in [-0.4, -0.2) is 35.6 Å². The van der Waals surface area contributed by atoms with Crippen LogP contribution in [0, 0.1) is 15.4 Å². The topological polar surface area (TPSA) is 113 Å². The van der Waals surface area contributed by atoms with Crippen molar-refractivity contribution in [2.75, 3.05) is 7.11 Å². The average molecular weight is 621 g/mol. The lowest BCUT2D eigenvalue weighted by atomic mass is 9.86. The van der Waals surface area contributed by atoms with Crippen LogP contribution >= 0.6 is 36.0 Å². The maximum atomic E-state index is 13.7. The third kappa shape index (κ3) is 5.27. The Morgan fingerprint density at radius 1 is 0.902 bits per heavy atom. The molecule has 0 atom stereocenters. The van der Waals surface area contributed by atoms with Crippen LogP contribution in [-0.2, 0) is 34.8 Å². The molecule has 0 saturated heterocycles. The first-order valence-electron chi connectivity index (χ1n) is 12.0. The first kappa shape index (κ1) is 30.0. The van der Waals surface area contributed by atoms with Crippen LogP contribution in [0.2, 0.25) is 5.02 Å². The molecule has 0 bridgehead atoms. The van der Waals surface area contributed by atoms with Gasteiger partial charge in [0, 0.05) is 28.2 Å². The molecule has 0 saturated carbocycles. The molecule has 10 nitrogen and oxygen atoms in total. The van der Waals surface area contributed by atoms with Gasteiger partial charge in [-0.1, -0.05) is 23.7 Å². The molecule has 0 unspecified atom stereocenters. The van der Waals surface area contributed by atoms with Crippen LogP contribution in [0.3, 0.4) is 0 Å². The quantitative estimate of drug-likeness (QED) is 0.296. The molecule has 0 aliphatic carbocycles. The highest BCUT2D eigenvalue weighted by molar-refractivity contribution is 7.71. The lowest BCUT2D eigenvalue weighted by Gasteiger charge is -2.24. The van der Waals surface area contributed by atoms with E-state index >= 15 is 0 Å². The molecular formula is C27H26ClFN4O6S2. The number of ether oxygens (including phenoxy) is 2. The van der Waals surface area contributed by atoms with E-state index in [0.29, 0.717) is 5.56 Å². The predicted octanol–water partition coefficient (Wildman–Crippen LogP) is 4.19. The van der Waals surface area contributed by atoms with Crippen LogP contribution in [0.15, 0.2) is 46.0 Å². The van der Waals surface area contributed by atoms with Crippen LogP contribution in [0.25, 0.3) is 0 Å². The minimum atomic E-state index is -1.36. The van der Waals surface area contributed by atoms with Gasteiger partial charge in [-0.3, -0.25) is 27.9 Å². The van der Waals surface area contributed by atoms with E-state index in [1.54, 1.807) is 12.1 Å². The van der Waals surface area contributed by atoms with E-state index in [4.69, 9.17) is 45.5 Å². The summed E-state index contributed by atoms with van der Waals surface area (Å²) in [4.78, 5) is 27.2. The van der Waals surface area contributed by atoms with Crippen molar-refractivity contribution in [3.8, 4) is 23.3 Å². The zero-order valence-corrected chi connectivity index (χ0v) is 25.0. The number of methoxy groups -OCH3 is 1. The molecular weight excluding hydrogens is 595 g/mol. The van der Waals surface area contributed by atoms with E-state index in [0.717, 1.165) is 9.13 Å². The van der Waals surface area contributed by atoms with E-state index in [2.05, 4.69) is 0 Å². The Kier molecular flexibility index (Phi) is 8.43. The van der Waals surface area contributed by atoms with Crippen molar-refractivity contribution < 1.29 is 24.1 Å². The van der Waals surface area contributed by atoms with Gasteiger partial charge in [0.05, 0.1) is 29.2 Å². The first-order valence-corrected chi connectivity index (χ1v) is 13.2. The molecule has 2 heterocycles. The molecule has 2 aromatic heterocycles. The largest absolute Gasteiger partial charge is 0.494 e. The van der Waals surface area contributed by atoms with Crippen LogP contribution < -0.4 is 20.6 Å². The molecule has 2 aromatic carbocycles. The van der Waals surface area contributed by atoms with Crippen LogP contribution in [0.4, 0.5) is 4.39 Å². The number of benzene rings is 2. The molecule has 14 heteroatoms. The summed E-state index contributed by atoms with van der Waals surface area (Å²) in [5.41, 5.74) is -1.16. The molecule has 0 radical (unpaired) electrons. The van der Waals surface area contributed by atoms with E-state index in [-0.39, 0.29) is 49.4 Å². The second kappa shape index (κ2) is 11.5. The third-order valence-corrected chi connectivity index (χ3v) is 8.15. The normalized spacial score (nSPS) is 11.2. The molecule has 0 spiro atoms. The SMILES string of the molecule is COc1cc(C(c2c(O)n(C)c(=S)n(C)c2=O)c2c(O)n(C)c(=S)n(C)c2=O)cc(Cl)c1OCc1cccc(F)c1. The van der Waals surface area contributed by atoms with Crippen LogP contribution in [0.5, 0.6) is 23.3 Å². The molecule has 4 rings (SSSR count). The highest BCUT2D eigenvalue weighted by Gasteiger charge is 2.33. The highest BCUT2D eigenvalue weighted by atomic mass is 35.5. The van der Waals surface area contributed by atoms with Crippen molar-refractivity contribution in [2.24, 2.45) is 28.2 Å². The van der Waals surface area contributed by atoms with Crippen molar-refractivity contribution >= 4 is 36.0 Å². The number of aromatic nitrogens is 4. The zero-order valence-electron chi connectivity index (χ0n) is 22.6. The molecule has 0 aliphatic rings. The molecule has 0 amide bonds. The van der Waals surface area contributed by atoms with Gasteiger partial charge < -0.3 is 19.7 Å². The Hall–Kier alpha value is -3.94. The van der Waals surface area contributed by atoms with Crippen molar-refractivity contribution in [1.29, 1.82) is 0 Å². The van der Waals surface area contributed by atoms with Gasteiger partial charge >= 0.3 is 0 Å². The van der Waals surface area contributed by atoms with Gasteiger partial charge in [0.15, 0.2) is 21.0 Å². The summed E-state index contributed by atoms with van der Waals surface area (Å²) in [5.74, 6) is -2.59. The van der Waals surface area contributed by atoms with E-state index in [1.807, 2.05) is 0 Å². The standard InChI is InChI=1S/C27H26ClFN4O6S2/c1-30-22(34)19(23(35)31(2)26(30)40)18(20-24(36)32(3)27(41)33(4)25(20)37)14-10-16(28)21(17(11-14)38-5)39-12-13-7-6-8-15(29)9-13/h6-11,18,34,36H,12H2,1-5H3. The summed E-state index contributed by atoms with van der Waals surface area (Å²) in [7, 11) is 7.13. The Labute approximate surface area is 248 Å². The maximum absolute atomic E-state index is 13.7. The summed E-state index contributed by atoms with van der Waals surface area (Å²) in [6, 6.07) is 8.74. The molecule has 216 valence electrons. The lowest BCUT2D eigenvalue weighted by molar-refractivity contribution is 0.284. The Balaban J connectivity index is 2.03. The Morgan fingerprint density at radius 3 is 1.93 bits per heavy atom. The van der Waals surface area contributed by atoms with Crippen molar-refractivity contribution in [2.45, 2.75) is 12.5 Å². The molecule has 41 heavy (non-hydrogen) atoms. The minimum absolute atomic E-state index is 0.0234. The van der Waals surface area contributed by atoms with Gasteiger partial charge in [0.25, 0.3) is 11.1 Å². The van der Waals surface area contributed by atoms with Crippen molar-refractivity contribution in [1.82, 2.24) is 18.3 Å². The third-order valence-electron chi connectivity index (χ3n) is 6.77. The summed E-state index contributed by atoms with van der Waals surface area (Å²) >= 11 is 17.2. The molecule has 0 aliphatic heterocycles. The second-order valence-corrected chi connectivity index (χ2v) is 10.4. The summed E-state index contributed by atoms with van der Waals surface area (Å²) < 4.78 is 29.8. The molecule has 2 N–H and O–H groups in total. The molecule has 0 fully saturated rings. The van der Waals surface area contributed by atoms with Crippen molar-refractivity contribution in [3.05, 3.63) is 99.7 Å². The summed E-state index contributed by atoms with van der Waals surface area (Å²) in [6.07, 6.45) is 0. The van der Waals surface area contributed by atoms with Gasteiger partial charge in [-0.25, -0.2) is 4.39 Å². The first-order chi connectivity index (χ1) is 19.3. The fourth-order valence-electron chi connectivity index (χ4n) is 4.53. The van der Waals surface area contributed by atoms with Gasteiger partial charge in [-0.15, -0.1) is 0 Å². The number of hydrogen-bond donors (Lipinski definition) is 2. The highest BCUT2D eigenvalue weighted by Crippen LogP contribution is 2.43. The van der Waals surface area contributed by atoms with Gasteiger partial charge in [0.1, 0.15) is 12.4 Å². The van der Waals surface area contributed by atoms with Gasteiger partial charge in [-0.2, -0.15) is 0 Å². The summed E-state index contributed by atoms with van der Waals surface area (Å²) in [5, 5.41) is 22.4. The fourth-order valence-corrected chi connectivity index (χ4v) is 5.14. The number of halogens is 2. The molecule has 4 aromatic rings. The Morgan fingerprint density at radius 2 is 1.44 bits per heavy atom. The van der Waals surface area contributed by atoms with Crippen molar-refractivity contribution in [3.63, 3.8) is 0 Å². The maximum Gasteiger partial charge on any atom is 0.262 e. The van der Waals surface area contributed by atoms with Gasteiger partial charge in [-0.05, 0) is 59.8 Å². The zero-order chi connectivity index (χ0) is 30.3. The smallest absolute Gasteiger partial charge is 0.262 e. The average Bonchev–Trinajstić information content (AvgIpc) is 2.95. The fraction of sp³-hybridized carbons (Fsp3) is 0.259. The second-order valence-electron chi connectivity index (χ2n) is 9.27. The summed E-state index contributed by atoms with van der Waals surface area (Å²) in [6.45, 7) is -0.0362. The monoisotopic (exact) mass is 620 g/mol. The predicted molar refractivity (Wildman–Crippen MR) is 156 cm³/mol. The lowest BCUT2D eigenvalue weighted by Crippen LogP contribution is -2.33. The van der Waals surface area contributed by atoms with Crippen LogP contribution in [0.1, 0.15) is 28.2 Å². The number of nitrogens with zero attached hydrogens (tertiary/aromatic N) is 4. The van der Waals surface area contributed by atoms with E-state index < -0.39 is 34.6 Å². The minimum Gasteiger partial charge on any atom is -0.494 e. The number of aromatic hydroxyl groups is 2. The Bertz CT molecular complexity index is 1850.